The van der Waals surface area contributed by atoms with Gasteiger partial charge in [0, 0.05) is 0 Å². The fourth-order valence-corrected chi connectivity index (χ4v) is 1.82. The Hall–Kier alpha value is -0.300. The van der Waals surface area contributed by atoms with Crippen molar-refractivity contribution in [1.82, 2.24) is 4.90 Å². The lowest BCUT2D eigenvalue weighted by molar-refractivity contribution is 0.218. The van der Waals surface area contributed by atoms with Crippen molar-refractivity contribution in [3.63, 3.8) is 0 Å². The molecule has 0 radical (unpaired) electrons. The normalized spacial score (nSPS) is 21.2. The number of hydrogen-bond donors (Lipinski definition) is 0. The van der Waals surface area contributed by atoms with E-state index in [2.05, 4.69) is 25.5 Å². The van der Waals surface area contributed by atoms with Gasteiger partial charge in [-0.2, -0.15) is 0 Å². The SMILES string of the molecule is C=C(CC)CC1CCN(C)CC1. The van der Waals surface area contributed by atoms with Crippen LogP contribution in [0.1, 0.15) is 32.6 Å². The van der Waals surface area contributed by atoms with Crippen molar-refractivity contribution in [3.05, 3.63) is 12.2 Å². The third-order valence-electron chi connectivity index (χ3n) is 2.92. The molecule has 1 aliphatic heterocycles. The van der Waals surface area contributed by atoms with Gasteiger partial charge in [0.15, 0.2) is 0 Å². The van der Waals surface area contributed by atoms with Crippen molar-refractivity contribution < 1.29 is 0 Å². The lowest BCUT2D eigenvalue weighted by atomic mass is 9.90. The lowest BCUT2D eigenvalue weighted by Crippen LogP contribution is -2.30. The smallest absolute Gasteiger partial charge is 0.00190 e. The lowest BCUT2D eigenvalue weighted by Gasteiger charge is -2.29. The fourth-order valence-electron chi connectivity index (χ4n) is 1.82. The van der Waals surface area contributed by atoms with Gasteiger partial charge in [-0.3, -0.25) is 0 Å². The predicted molar refractivity (Wildman–Crippen MR) is 54.3 cm³/mol. The Kier molecular flexibility index (Phi) is 3.80. The molecule has 1 heterocycles. The molecule has 12 heavy (non-hydrogen) atoms. The second kappa shape index (κ2) is 4.66. The molecule has 1 saturated heterocycles. The highest BCUT2D eigenvalue weighted by molar-refractivity contribution is 4.95. The zero-order valence-electron chi connectivity index (χ0n) is 8.47. The average molecular weight is 167 g/mol. The molecule has 0 aromatic carbocycles. The highest BCUT2D eigenvalue weighted by atomic mass is 15.1. The summed E-state index contributed by atoms with van der Waals surface area (Å²) in [5.74, 6) is 0.925. The molecule has 1 heteroatoms. The van der Waals surface area contributed by atoms with Crippen molar-refractivity contribution in [2.75, 3.05) is 20.1 Å². The van der Waals surface area contributed by atoms with Gasteiger partial charge >= 0.3 is 0 Å². The molecule has 1 nitrogen and oxygen atoms in total. The summed E-state index contributed by atoms with van der Waals surface area (Å²) in [6.07, 6.45) is 5.17. The molecular weight excluding hydrogens is 146 g/mol. The summed E-state index contributed by atoms with van der Waals surface area (Å²) in [5, 5.41) is 0. The van der Waals surface area contributed by atoms with Gasteiger partial charge in [0.05, 0.1) is 0 Å². The molecule has 0 spiro atoms. The zero-order valence-corrected chi connectivity index (χ0v) is 8.47. The Balaban J connectivity index is 2.21. The molecule has 0 aromatic rings. The van der Waals surface area contributed by atoms with Crippen LogP contribution in [-0.2, 0) is 0 Å². The first-order valence-electron chi connectivity index (χ1n) is 5.07. The van der Waals surface area contributed by atoms with Crippen LogP contribution in [0.15, 0.2) is 12.2 Å². The topological polar surface area (TPSA) is 3.24 Å². The molecule has 0 saturated carbocycles. The first-order chi connectivity index (χ1) is 5.72. The maximum atomic E-state index is 4.07. The van der Waals surface area contributed by atoms with E-state index < -0.39 is 0 Å². The van der Waals surface area contributed by atoms with E-state index >= 15 is 0 Å². The minimum absolute atomic E-state index is 0.925. The van der Waals surface area contributed by atoms with Crippen LogP contribution in [0.25, 0.3) is 0 Å². The number of nitrogens with zero attached hydrogens (tertiary/aromatic N) is 1. The van der Waals surface area contributed by atoms with Crippen LogP contribution in [0.3, 0.4) is 0 Å². The van der Waals surface area contributed by atoms with E-state index in [1.807, 2.05) is 0 Å². The van der Waals surface area contributed by atoms with E-state index in [0.29, 0.717) is 0 Å². The third kappa shape index (κ3) is 2.98. The van der Waals surface area contributed by atoms with E-state index in [-0.39, 0.29) is 0 Å². The number of likely N-dealkylation sites (tertiary alicyclic amines) is 1. The fraction of sp³-hybridized carbons (Fsp3) is 0.818. The van der Waals surface area contributed by atoms with E-state index in [0.717, 1.165) is 12.3 Å². The number of allylic oxidation sites excluding steroid dienone is 1. The molecule has 1 aliphatic rings. The van der Waals surface area contributed by atoms with E-state index in [1.165, 1.54) is 37.9 Å². The Bertz CT molecular complexity index is 143. The van der Waals surface area contributed by atoms with Crippen molar-refractivity contribution in [2.24, 2.45) is 5.92 Å². The maximum Gasteiger partial charge on any atom is -0.00190 e. The molecule has 1 fully saturated rings. The Morgan fingerprint density at radius 2 is 2.00 bits per heavy atom. The molecule has 0 aromatic heterocycles. The molecule has 0 unspecified atom stereocenters. The second-order valence-electron chi connectivity index (χ2n) is 4.05. The van der Waals surface area contributed by atoms with Crippen molar-refractivity contribution in [1.29, 1.82) is 0 Å². The van der Waals surface area contributed by atoms with Crippen LogP contribution in [0, 0.1) is 5.92 Å². The Morgan fingerprint density at radius 3 is 2.50 bits per heavy atom. The summed E-state index contributed by atoms with van der Waals surface area (Å²) in [4.78, 5) is 2.42. The quantitative estimate of drug-likeness (QED) is 0.584. The monoisotopic (exact) mass is 167 g/mol. The molecule has 70 valence electrons. The van der Waals surface area contributed by atoms with Crippen LogP contribution >= 0.6 is 0 Å². The van der Waals surface area contributed by atoms with Crippen LogP contribution in [0.5, 0.6) is 0 Å². The van der Waals surface area contributed by atoms with Crippen LogP contribution < -0.4 is 0 Å². The summed E-state index contributed by atoms with van der Waals surface area (Å²) in [7, 11) is 2.21. The Labute approximate surface area is 76.5 Å². The van der Waals surface area contributed by atoms with E-state index in [9.17, 15) is 0 Å². The summed E-state index contributed by atoms with van der Waals surface area (Å²) in [6, 6.07) is 0. The van der Waals surface area contributed by atoms with Gasteiger partial charge in [-0.25, -0.2) is 0 Å². The highest BCUT2D eigenvalue weighted by Crippen LogP contribution is 2.23. The molecule has 0 amide bonds. The van der Waals surface area contributed by atoms with Gasteiger partial charge in [-0.05, 0) is 51.7 Å². The zero-order chi connectivity index (χ0) is 8.97. The molecule has 0 N–H and O–H groups in total. The third-order valence-corrected chi connectivity index (χ3v) is 2.92. The van der Waals surface area contributed by atoms with Gasteiger partial charge in [0.25, 0.3) is 0 Å². The van der Waals surface area contributed by atoms with Gasteiger partial charge in [-0.1, -0.05) is 19.1 Å². The van der Waals surface area contributed by atoms with Crippen LogP contribution in [0.2, 0.25) is 0 Å². The predicted octanol–water partition coefficient (Wildman–Crippen LogP) is 2.68. The van der Waals surface area contributed by atoms with E-state index in [1.54, 1.807) is 0 Å². The summed E-state index contributed by atoms with van der Waals surface area (Å²) in [6.45, 7) is 8.84. The molecule has 0 atom stereocenters. The summed E-state index contributed by atoms with van der Waals surface area (Å²) in [5.41, 5.74) is 1.43. The average Bonchev–Trinajstić information content (AvgIpc) is 2.09. The standard InChI is InChI=1S/C11H21N/c1-4-10(2)9-11-5-7-12(3)8-6-11/h11H,2,4-9H2,1,3H3. The van der Waals surface area contributed by atoms with Gasteiger partial charge in [0.1, 0.15) is 0 Å². The number of piperidine rings is 1. The first kappa shape index (κ1) is 9.79. The minimum atomic E-state index is 0.925. The highest BCUT2D eigenvalue weighted by Gasteiger charge is 2.16. The molecular formula is C11H21N. The van der Waals surface area contributed by atoms with Crippen molar-refractivity contribution >= 4 is 0 Å². The van der Waals surface area contributed by atoms with Crippen LogP contribution in [-0.4, -0.2) is 25.0 Å². The summed E-state index contributed by atoms with van der Waals surface area (Å²) < 4.78 is 0. The van der Waals surface area contributed by atoms with Gasteiger partial charge < -0.3 is 4.90 Å². The van der Waals surface area contributed by atoms with Crippen LogP contribution in [0.4, 0.5) is 0 Å². The van der Waals surface area contributed by atoms with Gasteiger partial charge in [-0.15, -0.1) is 0 Å². The van der Waals surface area contributed by atoms with Crippen molar-refractivity contribution in [2.45, 2.75) is 32.6 Å². The largest absolute Gasteiger partial charge is 0.306 e. The summed E-state index contributed by atoms with van der Waals surface area (Å²) >= 11 is 0. The molecule has 0 aliphatic carbocycles. The first-order valence-corrected chi connectivity index (χ1v) is 5.07. The molecule has 0 bridgehead atoms. The molecule has 1 rings (SSSR count). The Morgan fingerprint density at radius 1 is 1.42 bits per heavy atom. The maximum absolute atomic E-state index is 4.07. The van der Waals surface area contributed by atoms with Gasteiger partial charge in [0.2, 0.25) is 0 Å². The van der Waals surface area contributed by atoms with Crippen molar-refractivity contribution in [3.8, 4) is 0 Å². The number of rotatable bonds is 3. The minimum Gasteiger partial charge on any atom is -0.306 e. The second-order valence-corrected chi connectivity index (χ2v) is 4.05. The van der Waals surface area contributed by atoms with E-state index in [4.69, 9.17) is 0 Å². The number of hydrogen-bond acceptors (Lipinski definition) is 1.